The lowest BCUT2D eigenvalue weighted by Gasteiger charge is -2.27. The average Bonchev–Trinajstić information content (AvgIpc) is 2.85. The first-order chi connectivity index (χ1) is 17.1. The maximum absolute atomic E-state index is 13.3. The summed E-state index contributed by atoms with van der Waals surface area (Å²) in [6, 6.07) is 13.7. The van der Waals surface area contributed by atoms with E-state index < -0.39 is 60.4 Å². The molecule has 4 unspecified atom stereocenters. The first-order valence-electron chi connectivity index (χ1n) is 11.7. The number of carbonyl (C=O) groups excluding carboxylic acids is 3. The molecule has 36 heavy (non-hydrogen) atoms. The number of rotatable bonds is 13. The second kappa shape index (κ2) is 14.0. The fourth-order valence-corrected chi connectivity index (χ4v) is 3.53. The van der Waals surface area contributed by atoms with Crippen LogP contribution in [0.15, 0.2) is 60.7 Å². The second-order valence-electron chi connectivity index (χ2n) is 8.86. The number of nitrogens with one attached hydrogen (secondary N) is 3. The number of hydrogen-bond donors (Lipinski definition) is 6. The molecule has 0 saturated heterocycles. The molecule has 0 aliphatic rings. The monoisotopic (exact) mass is 498 g/mol. The predicted molar refractivity (Wildman–Crippen MR) is 134 cm³/mol. The minimum Gasteiger partial charge on any atom is -0.480 e. The molecule has 3 amide bonds. The molecule has 0 radical (unpaired) electrons. The van der Waals surface area contributed by atoms with Gasteiger partial charge in [-0.3, -0.25) is 14.4 Å². The van der Waals surface area contributed by atoms with Crippen LogP contribution >= 0.6 is 0 Å². The molecule has 0 spiro atoms. The van der Waals surface area contributed by atoms with Gasteiger partial charge in [0.15, 0.2) is 0 Å². The van der Waals surface area contributed by atoms with Gasteiger partial charge in [-0.25, -0.2) is 4.79 Å². The number of carboxylic acid groups (broad SMARTS) is 1. The highest BCUT2D eigenvalue weighted by Gasteiger charge is 2.31. The highest BCUT2D eigenvalue weighted by molar-refractivity contribution is 5.94. The number of nitrogens with two attached hydrogens (primary N) is 1. The van der Waals surface area contributed by atoms with Crippen molar-refractivity contribution >= 4 is 23.7 Å². The van der Waals surface area contributed by atoms with E-state index in [4.69, 9.17) is 10.8 Å². The largest absolute Gasteiger partial charge is 0.480 e. The molecule has 0 heterocycles. The van der Waals surface area contributed by atoms with Crippen molar-refractivity contribution in [2.75, 3.05) is 6.61 Å². The van der Waals surface area contributed by atoms with E-state index in [1.54, 1.807) is 26.0 Å². The van der Waals surface area contributed by atoms with Gasteiger partial charge in [-0.15, -0.1) is 0 Å². The van der Waals surface area contributed by atoms with E-state index in [-0.39, 0.29) is 12.8 Å². The average molecular weight is 499 g/mol. The van der Waals surface area contributed by atoms with Crippen LogP contribution in [-0.4, -0.2) is 64.7 Å². The highest BCUT2D eigenvalue weighted by Crippen LogP contribution is 2.08. The highest BCUT2D eigenvalue weighted by atomic mass is 16.4. The van der Waals surface area contributed by atoms with Crippen LogP contribution in [0.25, 0.3) is 0 Å². The van der Waals surface area contributed by atoms with Gasteiger partial charge in [-0.2, -0.15) is 0 Å². The van der Waals surface area contributed by atoms with Crippen molar-refractivity contribution in [2.24, 2.45) is 11.7 Å². The Kier molecular flexibility index (Phi) is 11.0. The van der Waals surface area contributed by atoms with Crippen molar-refractivity contribution in [1.82, 2.24) is 16.0 Å². The molecule has 10 nitrogen and oxygen atoms in total. The molecule has 2 aromatic carbocycles. The molecule has 2 rings (SSSR count). The number of aliphatic hydroxyl groups excluding tert-OH is 1. The van der Waals surface area contributed by atoms with Crippen LogP contribution in [0, 0.1) is 5.92 Å². The molecule has 0 saturated carbocycles. The summed E-state index contributed by atoms with van der Waals surface area (Å²) in [4.78, 5) is 50.0. The summed E-state index contributed by atoms with van der Waals surface area (Å²) in [5, 5.41) is 25.9. The molecule has 0 aliphatic heterocycles. The number of benzene rings is 2. The number of aliphatic hydroxyl groups is 1. The smallest absolute Gasteiger partial charge is 0.328 e. The molecule has 0 aliphatic carbocycles. The number of carbonyl (C=O) groups is 4. The van der Waals surface area contributed by atoms with Gasteiger partial charge in [-0.1, -0.05) is 74.5 Å². The fraction of sp³-hybridized carbons (Fsp3) is 0.385. The molecule has 7 N–H and O–H groups in total. The Hall–Kier alpha value is -3.76. The van der Waals surface area contributed by atoms with Crippen LogP contribution in [0.2, 0.25) is 0 Å². The van der Waals surface area contributed by atoms with Crippen molar-refractivity contribution in [3.8, 4) is 0 Å². The maximum Gasteiger partial charge on any atom is 0.328 e. The molecular formula is C26H34N4O6. The van der Waals surface area contributed by atoms with Crippen LogP contribution < -0.4 is 21.7 Å². The number of carboxylic acids is 1. The Morgan fingerprint density at radius 2 is 1.25 bits per heavy atom. The summed E-state index contributed by atoms with van der Waals surface area (Å²) >= 11 is 0. The van der Waals surface area contributed by atoms with Gasteiger partial charge in [0, 0.05) is 6.42 Å². The van der Waals surface area contributed by atoms with Crippen LogP contribution in [0.4, 0.5) is 0 Å². The van der Waals surface area contributed by atoms with Crippen molar-refractivity contribution in [3.05, 3.63) is 71.8 Å². The maximum atomic E-state index is 13.3. The third-order valence-corrected chi connectivity index (χ3v) is 5.59. The minimum absolute atomic E-state index is 0.150. The van der Waals surface area contributed by atoms with Crippen molar-refractivity contribution < 1.29 is 29.4 Å². The van der Waals surface area contributed by atoms with Crippen molar-refractivity contribution in [2.45, 2.75) is 50.9 Å². The quantitative estimate of drug-likeness (QED) is 0.225. The number of hydrogen-bond acceptors (Lipinski definition) is 6. The normalized spacial score (nSPS) is 14.2. The predicted octanol–water partition coefficient (Wildman–Crippen LogP) is -0.0136. The first-order valence-corrected chi connectivity index (χ1v) is 11.7. The van der Waals surface area contributed by atoms with Gasteiger partial charge in [-0.05, 0) is 23.5 Å². The molecular weight excluding hydrogens is 464 g/mol. The Morgan fingerprint density at radius 3 is 1.72 bits per heavy atom. The van der Waals surface area contributed by atoms with Crippen molar-refractivity contribution in [3.63, 3.8) is 0 Å². The van der Waals surface area contributed by atoms with Gasteiger partial charge in [0.05, 0.1) is 12.6 Å². The SMILES string of the molecule is CC(C)C(NC(=O)C(Cc1ccccc1)NC(=O)C(N)Cc1ccccc1)C(=O)NC(CO)C(=O)O. The van der Waals surface area contributed by atoms with E-state index in [1.165, 1.54) is 0 Å². The summed E-state index contributed by atoms with van der Waals surface area (Å²) in [6.07, 6.45) is 0.429. The molecule has 2 aromatic rings. The van der Waals surface area contributed by atoms with Gasteiger partial charge in [0.2, 0.25) is 17.7 Å². The summed E-state index contributed by atoms with van der Waals surface area (Å²) in [5.41, 5.74) is 7.76. The van der Waals surface area contributed by atoms with Crippen LogP contribution in [-0.2, 0) is 32.0 Å². The van der Waals surface area contributed by atoms with Gasteiger partial charge in [0.1, 0.15) is 18.1 Å². The molecule has 10 heteroatoms. The Morgan fingerprint density at radius 1 is 0.750 bits per heavy atom. The Labute approximate surface area is 210 Å². The van der Waals surface area contributed by atoms with E-state index in [2.05, 4.69) is 16.0 Å². The molecule has 194 valence electrons. The van der Waals surface area contributed by atoms with E-state index >= 15 is 0 Å². The van der Waals surface area contributed by atoms with Crippen molar-refractivity contribution in [1.29, 1.82) is 0 Å². The lowest BCUT2D eigenvalue weighted by atomic mass is 10.00. The van der Waals surface area contributed by atoms with Gasteiger partial charge < -0.3 is 31.9 Å². The van der Waals surface area contributed by atoms with Gasteiger partial charge >= 0.3 is 5.97 Å². The zero-order valence-electron chi connectivity index (χ0n) is 20.4. The Balaban J connectivity index is 2.17. The standard InChI is InChI=1S/C26H34N4O6/c1-16(2)22(25(34)29-21(15-31)26(35)36)30-24(33)20(14-18-11-7-4-8-12-18)28-23(32)19(27)13-17-9-5-3-6-10-17/h3-12,16,19-22,31H,13-15,27H2,1-2H3,(H,28,32)(H,29,34)(H,30,33)(H,35,36). The molecule has 0 fully saturated rings. The van der Waals surface area contributed by atoms with Crippen LogP contribution in [0.1, 0.15) is 25.0 Å². The summed E-state index contributed by atoms with van der Waals surface area (Å²) < 4.78 is 0. The third kappa shape index (κ3) is 8.79. The van der Waals surface area contributed by atoms with E-state index in [0.717, 1.165) is 11.1 Å². The van der Waals surface area contributed by atoms with E-state index in [1.807, 2.05) is 48.5 Å². The third-order valence-electron chi connectivity index (χ3n) is 5.59. The molecule has 0 bridgehead atoms. The Bertz CT molecular complexity index is 1020. The lowest BCUT2D eigenvalue weighted by molar-refractivity contribution is -0.143. The zero-order valence-corrected chi connectivity index (χ0v) is 20.4. The van der Waals surface area contributed by atoms with E-state index in [0.29, 0.717) is 0 Å². The number of amides is 3. The minimum atomic E-state index is -1.51. The summed E-state index contributed by atoms with van der Waals surface area (Å²) in [7, 11) is 0. The van der Waals surface area contributed by atoms with Gasteiger partial charge in [0.25, 0.3) is 0 Å². The second-order valence-corrected chi connectivity index (χ2v) is 8.86. The summed E-state index contributed by atoms with van der Waals surface area (Å²) in [5.74, 6) is -3.71. The lowest BCUT2D eigenvalue weighted by Crippen LogP contribution is -2.59. The zero-order chi connectivity index (χ0) is 26.7. The molecule has 0 aromatic heterocycles. The first kappa shape index (κ1) is 28.5. The van der Waals surface area contributed by atoms with Crippen LogP contribution in [0.5, 0.6) is 0 Å². The van der Waals surface area contributed by atoms with Crippen LogP contribution in [0.3, 0.4) is 0 Å². The summed E-state index contributed by atoms with van der Waals surface area (Å²) in [6.45, 7) is 2.56. The van der Waals surface area contributed by atoms with E-state index in [9.17, 15) is 24.3 Å². The molecule has 4 atom stereocenters. The fourth-order valence-electron chi connectivity index (χ4n) is 3.53. The number of aliphatic carboxylic acids is 1. The topological polar surface area (TPSA) is 171 Å².